The second kappa shape index (κ2) is 6.67. The maximum Gasteiger partial charge on any atom is 0.317 e. The first-order valence-corrected chi connectivity index (χ1v) is 7.13. The van der Waals surface area contributed by atoms with Gasteiger partial charge in [-0.2, -0.15) is 0 Å². The van der Waals surface area contributed by atoms with E-state index in [-0.39, 0.29) is 18.1 Å². The van der Waals surface area contributed by atoms with Crippen LogP contribution in [0.25, 0.3) is 0 Å². The lowest BCUT2D eigenvalue weighted by Gasteiger charge is -2.39. The average Bonchev–Trinajstić information content (AvgIpc) is 2.42. The lowest BCUT2D eigenvalue weighted by atomic mass is 10.1. The molecule has 1 aliphatic heterocycles. The molecule has 7 heteroatoms. The van der Waals surface area contributed by atoms with Crippen molar-refractivity contribution in [2.45, 2.75) is 19.5 Å². The van der Waals surface area contributed by atoms with Crippen molar-refractivity contribution >= 4 is 23.7 Å². The summed E-state index contributed by atoms with van der Waals surface area (Å²) >= 11 is 5.95. The van der Waals surface area contributed by atoms with Gasteiger partial charge in [0.05, 0.1) is 6.04 Å². The monoisotopic (exact) mass is 310 g/mol. The second-order valence-corrected chi connectivity index (χ2v) is 5.49. The topological polar surface area (TPSA) is 73.5 Å². The van der Waals surface area contributed by atoms with Gasteiger partial charge >= 0.3 is 12.1 Å². The molecule has 1 aromatic carbocycles. The Morgan fingerprint density at radius 2 is 2.10 bits per heavy atom. The number of amides is 4. The number of aryl methyl sites for hydroxylation is 1. The highest BCUT2D eigenvalue weighted by Gasteiger charge is 2.31. The molecule has 0 radical (unpaired) electrons. The smallest absolute Gasteiger partial charge is 0.317 e. The molecule has 0 aliphatic carbocycles. The van der Waals surface area contributed by atoms with E-state index in [1.807, 2.05) is 25.1 Å². The Balaban J connectivity index is 1.76. The van der Waals surface area contributed by atoms with Crippen LogP contribution < -0.4 is 16.0 Å². The predicted molar refractivity (Wildman–Crippen MR) is 81.4 cm³/mol. The van der Waals surface area contributed by atoms with Gasteiger partial charge in [-0.05, 0) is 30.2 Å². The van der Waals surface area contributed by atoms with Crippen LogP contribution in [0.2, 0.25) is 5.02 Å². The summed E-state index contributed by atoms with van der Waals surface area (Å²) in [5, 5.41) is 8.75. The van der Waals surface area contributed by atoms with Gasteiger partial charge in [0.15, 0.2) is 0 Å². The normalized spacial score (nSPS) is 14.3. The molecular weight excluding hydrogens is 292 g/mol. The van der Waals surface area contributed by atoms with Gasteiger partial charge in [0.25, 0.3) is 0 Å². The molecule has 114 valence electrons. The van der Waals surface area contributed by atoms with Crippen LogP contribution in [0.15, 0.2) is 18.2 Å². The number of urea groups is 2. The molecule has 1 heterocycles. The molecule has 1 fully saturated rings. The molecule has 0 saturated carbocycles. The molecular formula is C14H19ClN4O2. The van der Waals surface area contributed by atoms with E-state index in [0.29, 0.717) is 24.7 Å². The highest BCUT2D eigenvalue weighted by Crippen LogP contribution is 2.15. The Bertz CT molecular complexity index is 544. The largest absolute Gasteiger partial charge is 0.341 e. The number of nitrogens with one attached hydrogen (secondary N) is 3. The first kappa shape index (κ1) is 15.4. The number of carbonyl (C=O) groups is 2. The molecule has 0 spiro atoms. The van der Waals surface area contributed by atoms with E-state index in [9.17, 15) is 9.59 Å². The van der Waals surface area contributed by atoms with Gasteiger partial charge in [-0.3, -0.25) is 0 Å². The van der Waals surface area contributed by atoms with E-state index >= 15 is 0 Å². The number of likely N-dealkylation sites (tertiary alicyclic amines) is 1. The minimum Gasteiger partial charge on any atom is -0.341 e. The molecule has 0 atom stereocenters. The van der Waals surface area contributed by atoms with Crippen LogP contribution in [-0.2, 0) is 6.54 Å². The maximum atomic E-state index is 11.9. The van der Waals surface area contributed by atoms with Crippen LogP contribution in [0.3, 0.4) is 0 Å². The van der Waals surface area contributed by atoms with Crippen molar-refractivity contribution < 1.29 is 9.59 Å². The second-order valence-electron chi connectivity index (χ2n) is 5.05. The van der Waals surface area contributed by atoms with Gasteiger partial charge in [-0.1, -0.05) is 17.7 Å². The third-order valence-electron chi connectivity index (χ3n) is 3.47. The van der Waals surface area contributed by atoms with E-state index in [4.69, 9.17) is 11.6 Å². The van der Waals surface area contributed by atoms with Gasteiger partial charge in [0.1, 0.15) is 0 Å². The van der Waals surface area contributed by atoms with Gasteiger partial charge in [0.2, 0.25) is 0 Å². The van der Waals surface area contributed by atoms with E-state index < -0.39 is 0 Å². The first-order valence-electron chi connectivity index (χ1n) is 6.75. The molecule has 2 rings (SSSR count). The molecule has 0 aromatic heterocycles. The minimum atomic E-state index is -0.227. The standard InChI is InChI=1S/C14H19ClN4O2/c1-9-3-4-11(15)5-10(9)6-17-14(21)19-7-12(8-19)18-13(20)16-2/h3-5,12H,6-8H2,1-2H3,(H,17,21)(H2,16,18,20). The van der Waals surface area contributed by atoms with Gasteiger partial charge in [-0.25, -0.2) is 9.59 Å². The number of rotatable bonds is 3. The fourth-order valence-corrected chi connectivity index (χ4v) is 2.30. The molecule has 0 unspecified atom stereocenters. The van der Waals surface area contributed by atoms with Crippen LogP contribution in [0.1, 0.15) is 11.1 Å². The van der Waals surface area contributed by atoms with E-state index in [0.717, 1.165) is 11.1 Å². The predicted octanol–water partition coefficient (Wildman–Crippen LogP) is 1.47. The van der Waals surface area contributed by atoms with Gasteiger partial charge in [0, 0.05) is 31.7 Å². The van der Waals surface area contributed by atoms with Gasteiger partial charge < -0.3 is 20.9 Å². The number of halogens is 1. The molecule has 0 bridgehead atoms. The number of hydrogen-bond donors (Lipinski definition) is 3. The van der Waals surface area contributed by atoms with Crippen LogP contribution in [-0.4, -0.2) is 43.1 Å². The van der Waals surface area contributed by atoms with Crippen molar-refractivity contribution in [2.24, 2.45) is 0 Å². The van der Waals surface area contributed by atoms with E-state index in [2.05, 4.69) is 16.0 Å². The summed E-state index contributed by atoms with van der Waals surface area (Å²) < 4.78 is 0. The molecule has 1 saturated heterocycles. The molecule has 4 amide bonds. The lowest BCUT2D eigenvalue weighted by Crippen LogP contribution is -2.63. The van der Waals surface area contributed by atoms with Crippen LogP contribution in [0.4, 0.5) is 9.59 Å². The molecule has 21 heavy (non-hydrogen) atoms. The van der Waals surface area contributed by atoms with Crippen molar-refractivity contribution in [2.75, 3.05) is 20.1 Å². The van der Waals surface area contributed by atoms with Crippen LogP contribution in [0.5, 0.6) is 0 Å². The zero-order valence-corrected chi connectivity index (χ0v) is 12.8. The van der Waals surface area contributed by atoms with Crippen molar-refractivity contribution in [3.8, 4) is 0 Å². The van der Waals surface area contributed by atoms with Gasteiger partial charge in [-0.15, -0.1) is 0 Å². The molecule has 1 aromatic rings. The SMILES string of the molecule is CNC(=O)NC1CN(C(=O)NCc2cc(Cl)ccc2C)C1. The summed E-state index contributed by atoms with van der Waals surface area (Å²) in [5.74, 6) is 0. The van der Waals surface area contributed by atoms with Crippen molar-refractivity contribution in [3.63, 3.8) is 0 Å². The number of nitrogens with zero attached hydrogens (tertiary/aromatic N) is 1. The summed E-state index contributed by atoms with van der Waals surface area (Å²) in [7, 11) is 1.56. The van der Waals surface area contributed by atoms with Crippen molar-refractivity contribution in [3.05, 3.63) is 34.3 Å². The van der Waals surface area contributed by atoms with E-state index in [1.165, 1.54) is 0 Å². The number of carbonyl (C=O) groups excluding carboxylic acids is 2. The highest BCUT2D eigenvalue weighted by atomic mass is 35.5. The summed E-state index contributed by atoms with van der Waals surface area (Å²) in [6.07, 6.45) is 0. The van der Waals surface area contributed by atoms with Crippen molar-refractivity contribution in [1.29, 1.82) is 0 Å². The van der Waals surface area contributed by atoms with Crippen molar-refractivity contribution in [1.82, 2.24) is 20.9 Å². The highest BCUT2D eigenvalue weighted by molar-refractivity contribution is 6.30. The average molecular weight is 311 g/mol. The molecule has 1 aliphatic rings. The third kappa shape index (κ3) is 4.01. The Labute approximate surface area is 128 Å². The number of benzene rings is 1. The van der Waals surface area contributed by atoms with Crippen LogP contribution in [0, 0.1) is 6.92 Å². The van der Waals surface area contributed by atoms with Crippen LogP contribution >= 0.6 is 11.6 Å². The Morgan fingerprint density at radius 1 is 1.38 bits per heavy atom. The quantitative estimate of drug-likeness (QED) is 0.791. The fraction of sp³-hybridized carbons (Fsp3) is 0.429. The Kier molecular flexibility index (Phi) is 4.90. The fourth-order valence-electron chi connectivity index (χ4n) is 2.11. The molecule has 3 N–H and O–H groups in total. The first-order chi connectivity index (χ1) is 9.99. The zero-order chi connectivity index (χ0) is 15.4. The Hall–Kier alpha value is -1.95. The molecule has 6 nitrogen and oxygen atoms in total. The minimum absolute atomic E-state index is 0.0172. The summed E-state index contributed by atoms with van der Waals surface area (Å²) in [5.41, 5.74) is 2.08. The summed E-state index contributed by atoms with van der Waals surface area (Å²) in [4.78, 5) is 24.7. The Morgan fingerprint density at radius 3 is 2.76 bits per heavy atom. The number of hydrogen-bond acceptors (Lipinski definition) is 2. The maximum absolute atomic E-state index is 11.9. The van der Waals surface area contributed by atoms with E-state index in [1.54, 1.807) is 11.9 Å². The summed E-state index contributed by atoms with van der Waals surface area (Å²) in [6, 6.07) is 5.26. The summed E-state index contributed by atoms with van der Waals surface area (Å²) in [6.45, 7) is 3.46. The lowest BCUT2D eigenvalue weighted by molar-refractivity contribution is 0.139. The third-order valence-corrected chi connectivity index (χ3v) is 3.71. The zero-order valence-electron chi connectivity index (χ0n) is 12.1.